The highest BCUT2D eigenvalue weighted by Crippen LogP contribution is 2.51. The van der Waals surface area contributed by atoms with Crippen molar-refractivity contribution in [2.24, 2.45) is 0 Å². The summed E-state index contributed by atoms with van der Waals surface area (Å²) < 4.78 is 21.7. The van der Waals surface area contributed by atoms with E-state index in [4.69, 9.17) is 70.8 Å². The van der Waals surface area contributed by atoms with E-state index >= 15 is 0 Å². The number of halogens is 4. The molecule has 2 aromatic heterocycles. The van der Waals surface area contributed by atoms with Gasteiger partial charge in [0.25, 0.3) is 0 Å². The van der Waals surface area contributed by atoms with Crippen LogP contribution in [0.3, 0.4) is 0 Å². The summed E-state index contributed by atoms with van der Waals surface area (Å²) in [5.41, 5.74) is 6.33. The van der Waals surface area contributed by atoms with Gasteiger partial charge in [-0.1, -0.05) is 64.6 Å². The van der Waals surface area contributed by atoms with Crippen LogP contribution in [0, 0.1) is 13.8 Å². The maximum atomic E-state index is 6.70. The highest BCUT2D eigenvalue weighted by molar-refractivity contribution is 6.35. The summed E-state index contributed by atoms with van der Waals surface area (Å²) in [6, 6.07) is 16.9. The number of benzene rings is 3. The Morgan fingerprint density at radius 2 is 1.24 bits per heavy atom. The number of aromatic nitrogens is 4. The highest BCUT2D eigenvalue weighted by Gasteiger charge is 2.39. The predicted molar refractivity (Wildman–Crippen MR) is 159 cm³/mol. The van der Waals surface area contributed by atoms with Gasteiger partial charge >= 0.3 is 0 Å². The summed E-state index contributed by atoms with van der Waals surface area (Å²) in [5.74, 6) is 2.44. The maximum Gasteiger partial charge on any atom is 0.231 e. The summed E-state index contributed by atoms with van der Waals surface area (Å²) in [6.45, 7) is 4.96. The normalized spacial score (nSPS) is 13.7. The first-order valence-corrected chi connectivity index (χ1v) is 14.4. The molecule has 41 heavy (non-hydrogen) atoms. The minimum absolute atomic E-state index is 0.195. The predicted octanol–water partition coefficient (Wildman–Crippen LogP) is 8.42. The molecule has 7 nitrogen and oxygen atoms in total. The Labute approximate surface area is 256 Å². The number of ether oxygens (including phenoxy) is 3. The van der Waals surface area contributed by atoms with Crippen LogP contribution in [-0.4, -0.2) is 26.4 Å². The van der Waals surface area contributed by atoms with Crippen molar-refractivity contribution < 1.29 is 14.2 Å². The molecule has 0 fully saturated rings. The smallest absolute Gasteiger partial charge is 0.231 e. The first kappa shape index (κ1) is 26.5. The van der Waals surface area contributed by atoms with Gasteiger partial charge in [-0.3, -0.25) is 0 Å². The summed E-state index contributed by atoms with van der Waals surface area (Å²) in [4.78, 5) is 0. The molecule has 0 amide bonds. The van der Waals surface area contributed by atoms with E-state index in [0.717, 1.165) is 45.0 Å². The summed E-state index contributed by atoms with van der Waals surface area (Å²) in [7, 11) is 0. The monoisotopic (exact) mass is 626 g/mol. The highest BCUT2D eigenvalue weighted by atomic mass is 35.5. The molecule has 0 bridgehead atoms. The molecule has 0 atom stereocenters. The molecule has 0 spiro atoms. The molecule has 0 unspecified atom stereocenters. The van der Waals surface area contributed by atoms with Crippen molar-refractivity contribution in [3.05, 3.63) is 114 Å². The van der Waals surface area contributed by atoms with E-state index in [1.54, 1.807) is 12.1 Å². The maximum absolute atomic E-state index is 6.70. The zero-order valence-corrected chi connectivity index (χ0v) is 24.9. The van der Waals surface area contributed by atoms with Crippen molar-refractivity contribution in [2.45, 2.75) is 32.9 Å². The number of hydrogen-bond donors (Lipinski definition) is 0. The minimum atomic E-state index is -0.216. The van der Waals surface area contributed by atoms with Gasteiger partial charge in [-0.2, -0.15) is 10.2 Å². The van der Waals surface area contributed by atoms with Gasteiger partial charge < -0.3 is 14.2 Å². The molecule has 0 radical (unpaired) electrons. The first-order valence-electron chi connectivity index (χ1n) is 12.9. The van der Waals surface area contributed by atoms with Crippen LogP contribution in [0.1, 0.15) is 45.1 Å². The minimum Gasteiger partial charge on any atom is -0.454 e. The third kappa shape index (κ3) is 4.61. The van der Waals surface area contributed by atoms with Crippen molar-refractivity contribution >= 4 is 46.4 Å². The summed E-state index contributed by atoms with van der Waals surface area (Å²) >= 11 is 25.4. The number of nitrogens with zero attached hydrogens (tertiary/aromatic N) is 4. The van der Waals surface area contributed by atoms with Gasteiger partial charge in [-0.05, 0) is 66.9 Å². The fourth-order valence-corrected chi connectivity index (χ4v) is 6.46. The van der Waals surface area contributed by atoms with Crippen molar-refractivity contribution in [2.75, 3.05) is 6.79 Å². The van der Waals surface area contributed by atoms with Crippen LogP contribution in [0.25, 0.3) is 0 Å². The zero-order chi connectivity index (χ0) is 28.4. The van der Waals surface area contributed by atoms with Gasteiger partial charge in [-0.15, -0.1) is 0 Å². The number of fused-ring (bicyclic) bond motifs is 3. The molecule has 2 aliphatic rings. The van der Waals surface area contributed by atoms with E-state index in [9.17, 15) is 0 Å². The van der Waals surface area contributed by atoms with Gasteiger partial charge in [0, 0.05) is 37.1 Å². The Hall–Kier alpha value is -3.36. The molecule has 0 aliphatic carbocycles. The SMILES string of the molecule is Cc1nn(Cc2ccc(Cl)cc2Cl)c2c1C(c1ccc3c(c1)OCO3)c1c(C)nn(Cc3ccc(Cl)cc3Cl)c1O2. The molecular formula is C30H22Cl4N4O3. The van der Waals surface area contributed by atoms with Crippen LogP contribution in [0.2, 0.25) is 20.1 Å². The standard InChI is InChI=1S/C30H22Cl4N4O3/c1-15-26-28(17-5-8-24-25(9-17)40-14-39-24)27-16(2)36-38(13-19-4-7-21(32)11-23(19)34)30(27)41-29(26)37(35-15)12-18-3-6-20(31)10-22(18)33/h3-11,28H,12-14H2,1-2H3. The van der Waals surface area contributed by atoms with Crippen LogP contribution in [0.4, 0.5) is 0 Å². The Morgan fingerprint density at radius 3 is 1.78 bits per heavy atom. The molecule has 3 aromatic carbocycles. The van der Waals surface area contributed by atoms with Crippen LogP contribution < -0.4 is 14.2 Å². The van der Waals surface area contributed by atoms with Gasteiger partial charge in [0.1, 0.15) is 0 Å². The lowest BCUT2D eigenvalue weighted by atomic mass is 9.83. The van der Waals surface area contributed by atoms with Crippen molar-refractivity contribution in [3.8, 4) is 23.3 Å². The van der Waals surface area contributed by atoms with E-state index in [-0.39, 0.29) is 12.7 Å². The topological polar surface area (TPSA) is 63.3 Å². The van der Waals surface area contributed by atoms with Crippen LogP contribution >= 0.6 is 46.4 Å². The Balaban J connectivity index is 1.39. The molecule has 4 heterocycles. The van der Waals surface area contributed by atoms with E-state index in [1.807, 2.05) is 59.6 Å². The second-order valence-corrected chi connectivity index (χ2v) is 11.7. The lowest BCUT2D eigenvalue weighted by Gasteiger charge is -2.26. The molecule has 2 aliphatic heterocycles. The average molecular weight is 628 g/mol. The molecule has 0 N–H and O–H groups in total. The fourth-order valence-electron chi connectivity index (χ4n) is 5.53. The molecule has 11 heteroatoms. The number of rotatable bonds is 5. The van der Waals surface area contributed by atoms with Crippen LogP contribution in [-0.2, 0) is 13.1 Å². The van der Waals surface area contributed by atoms with E-state index in [1.165, 1.54) is 0 Å². The third-order valence-corrected chi connectivity index (χ3v) is 8.60. The molecule has 7 rings (SSSR count). The Morgan fingerprint density at radius 1 is 0.707 bits per heavy atom. The third-order valence-electron chi connectivity index (χ3n) is 7.42. The Bertz CT molecular complexity index is 1740. The van der Waals surface area contributed by atoms with Gasteiger partial charge in [0.15, 0.2) is 11.5 Å². The van der Waals surface area contributed by atoms with Gasteiger partial charge in [0.05, 0.1) is 24.5 Å². The molecule has 5 aromatic rings. The number of aryl methyl sites for hydroxylation is 2. The van der Waals surface area contributed by atoms with E-state index in [0.29, 0.717) is 50.7 Å². The largest absolute Gasteiger partial charge is 0.454 e. The van der Waals surface area contributed by atoms with Crippen LogP contribution in [0.5, 0.6) is 23.3 Å². The zero-order valence-electron chi connectivity index (χ0n) is 21.9. The lowest BCUT2D eigenvalue weighted by molar-refractivity contribution is 0.174. The van der Waals surface area contributed by atoms with Crippen molar-refractivity contribution in [3.63, 3.8) is 0 Å². The van der Waals surface area contributed by atoms with E-state index < -0.39 is 0 Å². The lowest BCUT2D eigenvalue weighted by Crippen LogP contribution is -2.16. The second kappa shape index (κ2) is 10.2. The average Bonchev–Trinajstić information content (AvgIpc) is 3.62. The first-order chi connectivity index (χ1) is 19.8. The fraction of sp³-hybridized carbons (Fsp3) is 0.200. The molecule has 0 saturated heterocycles. The number of hydrogen-bond acceptors (Lipinski definition) is 5. The van der Waals surface area contributed by atoms with Gasteiger partial charge in [-0.25, -0.2) is 9.36 Å². The van der Waals surface area contributed by atoms with Gasteiger partial charge in [0.2, 0.25) is 18.6 Å². The van der Waals surface area contributed by atoms with E-state index in [2.05, 4.69) is 6.07 Å². The van der Waals surface area contributed by atoms with Crippen LogP contribution in [0.15, 0.2) is 54.6 Å². The summed E-state index contributed by atoms with van der Waals surface area (Å²) in [5, 5.41) is 12.1. The second-order valence-electron chi connectivity index (χ2n) is 10.0. The van der Waals surface area contributed by atoms with Crippen molar-refractivity contribution in [1.82, 2.24) is 19.6 Å². The molecular weight excluding hydrogens is 606 g/mol. The molecule has 208 valence electrons. The molecule has 0 saturated carbocycles. The quantitative estimate of drug-likeness (QED) is 0.192. The van der Waals surface area contributed by atoms with Crippen molar-refractivity contribution in [1.29, 1.82) is 0 Å². The Kier molecular flexibility index (Phi) is 6.58. The summed E-state index contributed by atoms with van der Waals surface area (Å²) in [6.07, 6.45) is 0.